The fraction of sp³-hybridized carbons (Fsp3) is 0.455. The number of hydrogen-bond acceptors (Lipinski definition) is 2. The first-order valence-corrected chi connectivity index (χ1v) is 8.86. The van der Waals surface area contributed by atoms with E-state index in [2.05, 4.69) is 76.3 Å². The molecule has 0 spiro atoms. The van der Waals surface area contributed by atoms with Crippen LogP contribution in [0.1, 0.15) is 51.8 Å². The maximum Gasteiger partial charge on any atom is 0.119 e. The fourth-order valence-corrected chi connectivity index (χ4v) is 2.37. The molecule has 24 heavy (non-hydrogen) atoms. The molecule has 1 N–H and O–H groups in total. The van der Waals surface area contributed by atoms with Crippen LogP contribution in [-0.2, 0) is 6.61 Å². The molecule has 0 fully saturated rings. The third-order valence-corrected chi connectivity index (χ3v) is 4.84. The van der Waals surface area contributed by atoms with Crippen LogP contribution in [0.15, 0.2) is 54.6 Å². The molecule has 130 valence electrons. The van der Waals surface area contributed by atoms with Crippen molar-refractivity contribution in [3.05, 3.63) is 65.7 Å². The van der Waals surface area contributed by atoms with Gasteiger partial charge in [-0.05, 0) is 48.1 Å². The first kappa shape index (κ1) is 18.5. The van der Waals surface area contributed by atoms with Gasteiger partial charge in [0.25, 0.3) is 0 Å². The van der Waals surface area contributed by atoms with Gasteiger partial charge in [-0.15, -0.1) is 0 Å². The molecular weight excluding hydrogens is 294 g/mol. The van der Waals surface area contributed by atoms with E-state index in [1.54, 1.807) is 0 Å². The summed E-state index contributed by atoms with van der Waals surface area (Å²) in [6, 6.07) is 19.0. The maximum absolute atomic E-state index is 5.85. The number of rotatable bonds is 7. The van der Waals surface area contributed by atoms with Gasteiger partial charge < -0.3 is 10.1 Å². The number of nitrogens with one attached hydrogen (secondary N) is 1. The normalized spacial score (nSPS) is 14.2. The summed E-state index contributed by atoms with van der Waals surface area (Å²) in [5.41, 5.74) is 2.82. The van der Waals surface area contributed by atoms with E-state index in [-0.39, 0.29) is 0 Å². The van der Waals surface area contributed by atoms with E-state index >= 15 is 0 Å². The summed E-state index contributed by atoms with van der Waals surface area (Å²) in [4.78, 5) is 0. The SMILES string of the molecule is CC(NCC(C)C(C)(C)C)c1ccc(OCc2ccccc2)cc1. The molecule has 0 aromatic heterocycles. The predicted octanol–water partition coefficient (Wildman–Crippen LogP) is 5.60. The fourth-order valence-electron chi connectivity index (χ4n) is 2.37. The van der Waals surface area contributed by atoms with E-state index in [4.69, 9.17) is 4.74 Å². The van der Waals surface area contributed by atoms with Crippen molar-refractivity contribution < 1.29 is 4.74 Å². The minimum absolute atomic E-state index is 0.335. The van der Waals surface area contributed by atoms with Crippen LogP contribution in [0, 0.1) is 11.3 Å². The van der Waals surface area contributed by atoms with Gasteiger partial charge in [-0.3, -0.25) is 0 Å². The molecule has 2 aromatic carbocycles. The Hall–Kier alpha value is -1.80. The first-order valence-electron chi connectivity index (χ1n) is 8.86. The van der Waals surface area contributed by atoms with Crippen molar-refractivity contribution in [1.82, 2.24) is 5.32 Å². The Morgan fingerprint density at radius 1 is 0.917 bits per heavy atom. The van der Waals surface area contributed by atoms with Crippen molar-refractivity contribution in [2.75, 3.05) is 6.54 Å². The van der Waals surface area contributed by atoms with Crippen molar-refractivity contribution in [2.24, 2.45) is 11.3 Å². The van der Waals surface area contributed by atoms with Gasteiger partial charge in [-0.2, -0.15) is 0 Å². The minimum Gasteiger partial charge on any atom is -0.489 e. The van der Waals surface area contributed by atoms with Gasteiger partial charge in [0.05, 0.1) is 0 Å². The quantitative estimate of drug-likeness (QED) is 0.715. The van der Waals surface area contributed by atoms with Gasteiger partial charge in [0.1, 0.15) is 12.4 Å². The van der Waals surface area contributed by atoms with Crippen molar-refractivity contribution in [1.29, 1.82) is 0 Å². The minimum atomic E-state index is 0.335. The molecule has 2 unspecified atom stereocenters. The lowest BCUT2D eigenvalue weighted by atomic mass is 9.82. The molecule has 2 aromatic rings. The van der Waals surface area contributed by atoms with Gasteiger partial charge in [0, 0.05) is 6.04 Å². The number of benzene rings is 2. The van der Waals surface area contributed by atoms with Crippen LogP contribution in [0.25, 0.3) is 0 Å². The molecule has 0 saturated heterocycles. The van der Waals surface area contributed by atoms with Crippen LogP contribution < -0.4 is 10.1 Å². The summed E-state index contributed by atoms with van der Waals surface area (Å²) in [5.74, 6) is 1.55. The van der Waals surface area contributed by atoms with E-state index in [0.717, 1.165) is 12.3 Å². The van der Waals surface area contributed by atoms with Crippen molar-refractivity contribution in [3.8, 4) is 5.75 Å². The Balaban J connectivity index is 1.84. The third-order valence-electron chi connectivity index (χ3n) is 4.84. The van der Waals surface area contributed by atoms with Crippen LogP contribution in [0.2, 0.25) is 0 Å². The van der Waals surface area contributed by atoms with Gasteiger partial charge >= 0.3 is 0 Å². The predicted molar refractivity (Wildman–Crippen MR) is 102 cm³/mol. The Morgan fingerprint density at radius 3 is 2.12 bits per heavy atom. The second-order valence-corrected chi connectivity index (χ2v) is 7.74. The van der Waals surface area contributed by atoms with E-state index in [1.807, 2.05) is 18.2 Å². The second kappa shape index (κ2) is 8.34. The molecule has 2 nitrogen and oxygen atoms in total. The summed E-state index contributed by atoms with van der Waals surface area (Å²) in [5, 5.41) is 3.64. The number of hydrogen-bond donors (Lipinski definition) is 1. The molecule has 0 aliphatic heterocycles. The zero-order chi connectivity index (χ0) is 17.6. The highest BCUT2D eigenvalue weighted by atomic mass is 16.5. The first-order chi connectivity index (χ1) is 11.4. The van der Waals surface area contributed by atoms with Crippen LogP contribution in [0.4, 0.5) is 0 Å². The molecule has 2 heteroatoms. The molecule has 0 heterocycles. The average molecular weight is 325 g/mol. The zero-order valence-electron chi connectivity index (χ0n) is 15.7. The van der Waals surface area contributed by atoms with Gasteiger partial charge in [0.15, 0.2) is 0 Å². The lowest BCUT2D eigenvalue weighted by molar-refractivity contribution is 0.247. The zero-order valence-corrected chi connectivity index (χ0v) is 15.7. The Bertz CT molecular complexity index is 598. The molecule has 0 saturated carbocycles. The van der Waals surface area contributed by atoms with Crippen LogP contribution in [0.5, 0.6) is 5.75 Å². The standard InChI is InChI=1S/C22H31NO/c1-17(22(3,4)5)15-23-18(2)20-11-13-21(14-12-20)24-16-19-9-7-6-8-10-19/h6-14,17-18,23H,15-16H2,1-5H3. The summed E-state index contributed by atoms with van der Waals surface area (Å²) < 4.78 is 5.85. The van der Waals surface area contributed by atoms with Gasteiger partial charge in [-0.25, -0.2) is 0 Å². The molecule has 0 bridgehead atoms. The van der Waals surface area contributed by atoms with Crippen LogP contribution in [-0.4, -0.2) is 6.54 Å². The molecule has 2 atom stereocenters. The molecular formula is C22H31NO. The van der Waals surface area contributed by atoms with Crippen molar-refractivity contribution in [3.63, 3.8) is 0 Å². The summed E-state index contributed by atoms with van der Waals surface area (Å²) in [7, 11) is 0. The molecule has 0 aliphatic carbocycles. The highest BCUT2D eigenvalue weighted by molar-refractivity contribution is 5.29. The largest absolute Gasteiger partial charge is 0.489 e. The topological polar surface area (TPSA) is 21.3 Å². The lowest BCUT2D eigenvalue weighted by Gasteiger charge is -2.29. The molecule has 0 aliphatic rings. The molecule has 2 rings (SSSR count). The maximum atomic E-state index is 5.85. The lowest BCUT2D eigenvalue weighted by Crippen LogP contribution is -2.31. The van der Waals surface area contributed by atoms with Crippen LogP contribution in [0.3, 0.4) is 0 Å². The third kappa shape index (κ3) is 5.68. The van der Waals surface area contributed by atoms with Gasteiger partial charge in [0.2, 0.25) is 0 Å². The van der Waals surface area contributed by atoms with Gasteiger partial charge in [-0.1, -0.05) is 70.2 Å². The summed E-state index contributed by atoms with van der Waals surface area (Å²) >= 11 is 0. The Kier molecular flexibility index (Phi) is 6.44. The van der Waals surface area contributed by atoms with E-state index < -0.39 is 0 Å². The molecule has 0 amide bonds. The summed E-state index contributed by atoms with van der Waals surface area (Å²) in [6.45, 7) is 13.0. The van der Waals surface area contributed by atoms with E-state index in [9.17, 15) is 0 Å². The van der Waals surface area contributed by atoms with Crippen molar-refractivity contribution >= 4 is 0 Å². The van der Waals surface area contributed by atoms with Crippen molar-refractivity contribution in [2.45, 2.75) is 47.3 Å². The Morgan fingerprint density at radius 2 is 1.54 bits per heavy atom. The summed E-state index contributed by atoms with van der Waals surface area (Å²) in [6.07, 6.45) is 0. The van der Waals surface area contributed by atoms with Crippen LogP contribution >= 0.6 is 0 Å². The highest BCUT2D eigenvalue weighted by Crippen LogP contribution is 2.25. The average Bonchev–Trinajstić information content (AvgIpc) is 2.58. The monoisotopic (exact) mass is 325 g/mol. The smallest absolute Gasteiger partial charge is 0.119 e. The highest BCUT2D eigenvalue weighted by Gasteiger charge is 2.20. The molecule has 0 radical (unpaired) electrons. The van der Waals surface area contributed by atoms with E-state index in [0.29, 0.717) is 24.0 Å². The number of ether oxygens (including phenoxy) is 1. The van der Waals surface area contributed by atoms with E-state index in [1.165, 1.54) is 11.1 Å². The Labute approximate surface area is 147 Å². The second-order valence-electron chi connectivity index (χ2n) is 7.74.